The van der Waals surface area contributed by atoms with Crippen molar-refractivity contribution in [2.75, 3.05) is 0 Å². The molecule has 31 heavy (non-hydrogen) atoms. The Morgan fingerprint density at radius 1 is 0.419 bits per heavy atom. The molecular weight excluding hydrogens is 396 g/mol. The predicted octanol–water partition coefficient (Wildman–Crippen LogP) is 7.09. The van der Waals surface area contributed by atoms with Gasteiger partial charge in [0.1, 0.15) is 11.5 Å². The summed E-state index contributed by atoms with van der Waals surface area (Å²) in [6, 6.07) is 40.1. The molecule has 0 saturated carbocycles. The summed E-state index contributed by atoms with van der Waals surface area (Å²) in [5, 5.41) is 0. The molecule has 0 aromatic heterocycles. The number of hydrogen-bond acceptors (Lipinski definition) is 2. The standard InChI is InChI=1S/C28H24O2Si/c1-5-13-25(14-6-1)21-23-31(29-27-17-9-3-10-18-27,30-28-19-11-4-12-20-28)24-22-26-15-7-2-8-16-26/h1-24H. The van der Waals surface area contributed by atoms with Crippen LogP contribution in [0.4, 0.5) is 0 Å². The quantitative estimate of drug-likeness (QED) is 0.283. The van der Waals surface area contributed by atoms with Crippen LogP contribution in [-0.2, 0) is 0 Å². The van der Waals surface area contributed by atoms with Crippen LogP contribution in [0, 0.1) is 0 Å². The van der Waals surface area contributed by atoms with E-state index in [1.807, 2.05) is 97.1 Å². The molecule has 4 rings (SSSR count). The van der Waals surface area contributed by atoms with Gasteiger partial charge in [-0.15, -0.1) is 0 Å². The highest BCUT2D eigenvalue weighted by molar-refractivity contribution is 6.80. The van der Waals surface area contributed by atoms with Gasteiger partial charge >= 0.3 is 8.56 Å². The maximum absolute atomic E-state index is 6.59. The van der Waals surface area contributed by atoms with Crippen LogP contribution in [0.2, 0.25) is 0 Å². The smallest absolute Gasteiger partial charge is 0.506 e. The van der Waals surface area contributed by atoms with Crippen molar-refractivity contribution in [2.24, 2.45) is 0 Å². The van der Waals surface area contributed by atoms with Crippen LogP contribution >= 0.6 is 0 Å². The summed E-state index contributed by atoms with van der Waals surface area (Å²) in [5.74, 6) is 1.56. The molecule has 2 nitrogen and oxygen atoms in total. The van der Waals surface area contributed by atoms with E-state index in [2.05, 4.69) is 47.8 Å². The van der Waals surface area contributed by atoms with Gasteiger partial charge in [0.15, 0.2) is 0 Å². The van der Waals surface area contributed by atoms with E-state index in [9.17, 15) is 0 Å². The van der Waals surface area contributed by atoms with E-state index < -0.39 is 8.56 Å². The third-order valence-corrected chi connectivity index (χ3v) is 7.03. The fourth-order valence-electron chi connectivity index (χ4n) is 3.11. The van der Waals surface area contributed by atoms with Gasteiger partial charge in [0, 0.05) is 0 Å². The molecule has 0 spiro atoms. The molecule has 0 amide bonds. The summed E-state index contributed by atoms with van der Waals surface area (Å²) in [7, 11) is -3.00. The second kappa shape index (κ2) is 10.3. The van der Waals surface area contributed by atoms with E-state index in [4.69, 9.17) is 8.85 Å². The first-order chi connectivity index (χ1) is 15.3. The van der Waals surface area contributed by atoms with Crippen molar-refractivity contribution < 1.29 is 8.85 Å². The Labute approximate surface area is 185 Å². The molecule has 0 aliphatic carbocycles. The Morgan fingerprint density at radius 2 is 0.742 bits per heavy atom. The van der Waals surface area contributed by atoms with Crippen LogP contribution in [0.1, 0.15) is 11.1 Å². The third-order valence-electron chi connectivity index (χ3n) is 4.66. The van der Waals surface area contributed by atoms with E-state index in [0.29, 0.717) is 0 Å². The summed E-state index contributed by atoms with van der Waals surface area (Å²) >= 11 is 0. The minimum Gasteiger partial charge on any atom is -0.506 e. The first-order valence-electron chi connectivity index (χ1n) is 10.3. The third kappa shape index (κ3) is 6.08. The van der Waals surface area contributed by atoms with Crippen LogP contribution in [0.3, 0.4) is 0 Å². The largest absolute Gasteiger partial charge is 0.516 e. The highest BCUT2D eigenvalue weighted by Crippen LogP contribution is 2.24. The monoisotopic (exact) mass is 420 g/mol. The number of rotatable bonds is 8. The molecule has 152 valence electrons. The van der Waals surface area contributed by atoms with Crippen LogP contribution in [-0.4, -0.2) is 8.56 Å². The molecule has 0 fully saturated rings. The zero-order valence-corrected chi connectivity index (χ0v) is 18.2. The molecule has 0 aliphatic heterocycles. The lowest BCUT2D eigenvalue weighted by molar-refractivity contribution is 0.414. The van der Waals surface area contributed by atoms with Gasteiger partial charge in [-0.25, -0.2) is 0 Å². The number of para-hydroxylation sites is 2. The first-order valence-corrected chi connectivity index (χ1v) is 12.3. The normalized spacial score (nSPS) is 11.6. The summed E-state index contributed by atoms with van der Waals surface area (Å²) < 4.78 is 13.2. The van der Waals surface area contributed by atoms with Crippen LogP contribution in [0.15, 0.2) is 133 Å². The predicted molar refractivity (Wildman–Crippen MR) is 131 cm³/mol. The minimum atomic E-state index is -3.00. The van der Waals surface area contributed by atoms with Gasteiger partial charge in [0.05, 0.1) is 0 Å². The van der Waals surface area contributed by atoms with Crippen molar-refractivity contribution in [3.05, 3.63) is 144 Å². The van der Waals surface area contributed by atoms with E-state index >= 15 is 0 Å². The van der Waals surface area contributed by atoms with Crippen molar-refractivity contribution in [3.8, 4) is 11.5 Å². The lowest BCUT2D eigenvalue weighted by Crippen LogP contribution is -2.45. The summed E-state index contributed by atoms with van der Waals surface area (Å²) in [5.41, 5.74) is 6.37. The molecule has 4 aromatic carbocycles. The molecule has 0 unspecified atom stereocenters. The Hall–Kier alpha value is -3.82. The molecule has 3 heteroatoms. The maximum atomic E-state index is 6.59. The van der Waals surface area contributed by atoms with Gasteiger partial charge in [0.2, 0.25) is 0 Å². The Kier molecular flexibility index (Phi) is 6.78. The minimum absolute atomic E-state index is 0.778. The molecule has 0 radical (unpaired) electrons. The summed E-state index contributed by atoms with van der Waals surface area (Å²) in [6.45, 7) is 0. The molecular formula is C28H24O2Si. The average Bonchev–Trinajstić information content (AvgIpc) is 2.84. The van der Waals surface area contributed by atoms with Gasteiger partial charge in [-0.3, -0.25) is 0 Å². The summed E-state index contributed by atoms with van der Waals surface area (Å²) in [6.07, 6.45) is 4.15. The highest BCUT2D eigenvalue weighted by Gasteiger charge is 2.37. The number of benzene rings is 4. The fourth-order valence-corrected chi connectivity index (χ4v) is 5.39. The average molecular weight is 421 g/mol. The Morgan fingerprint density at radius 3 is 1.10 bits per heavy atom. The maximum Gasteiger partial charge on any atom is 0.516 e. The highest BCUT2D eigenvalue weighted by atomic mass is 28.4. The zero-order chi connectivity index (χ0) is 21.2. The fraction of sp³-hybridized carbons (Fsp3) is 0. The molecule has 0 saturated heterocycles. The first kappa shape index (κ1) is 20.4. The van der Waals surface area contributed by atoms with Crippen LogP contribution in [0.25, 0.3) is 12.2 Å². The topological polar surface area (TPSA) is 18.5 Å². The second-order valence-electron chi connectivity index (χ2n) is 7.04. The molecule has 4 aromatic rings. The molecule has 0 N–H and O–H groups in total. The van der Waals surface area contributed by atoms with Crippen molar-refractivity contribution in [3.63, 3.8) is 0 Å². The molecule has 0 heterocycles. The van der Waals surface area contributed by atoms with Crippen LogP contribution < -0.4 is 8.85 Å². The van der Waals surface area contributed by atoms with E-state index in [-0.39, 0.29) is 0 Å². The van der Waals surface area contributed by atoms with E-state index in [1.54, 1.807) is 0 Å². The lowest BCUT2D eigenvalue weighted by Gasteiger charge is -2.26. The van der Waals surface area contributed by atoms with Gasteiger partial charge in [-0.2, -0.15) is 0 Å². The Bertz CT molecular complexity index is 1020. The second-order valence-corrected chi connectivity index (χ2v) is 9.56. The summed E-state index contributed by atoms with van der Waals surface area (Å²) in [4.78, 5) is 0. The van der Waals surface area contributed by atoms with Gasteiger partial charge in [0.25, 0.3) is 0 Å². The molecule has 0 atom stereocenters. The molecule has 0 aliphatic rings. The van der Waals surface area contributed by atoms with Crippen molar-refractivity contribution in [1.29, 1.82) is 0 Å². The van der Waals surface area contributed by atoms with Crippen molar-refractivity contribution >= 4 is 20.7 Å². The van der Waals surface area contributed by atoms with E-state index in [0.717, 1.165) is 22.6 Å². The Balaban J connectivity index is 1.77. The lowest BCUT2D eigenvalue weighted by atomic mass is 10.2. The van der Waals surface area contributed by atoms with E-state index in [1.165, 1.54) is 0 Å². The number of hydrogen-bond donors (Lipinski definition) is 0. The van der Waals surface area contributed by atoms with Gasteiger partial charge in [-0.1, -0.05) is 109 Å². The van der Waals surface area contributed by atoms with Crippen LogP contribution in [0.5, 0.6) is 11.5 Å². The van der Waals surface area contributed by atoms with Crippen molar-refractivity contribution in [2.45, 2.75) is 0 Å². The van der Waals surface area contributed by atoms with Gasteiger partial charge < -0.3 is 8.85 Å². The van der Waals surface area contributed by atoms with Gasteiger partial charge in [-0.05, 0) is 46.8 Å². The van der Waals surface area contributed by atoms with Crippen molar-refractivity contribution in [1.82, 2.24) is 0 Å². The molecule has 0 bridgehead atoms. The zero-order valence-electron chi connectivity index (χ0n) is 17.2. The SMILES string of the molecule is C(=C[Si](C=Cc1ccccc1)(Oc1ccccc1)Oc1ccccc1)c1ccccc1.